The standard InChI is InChI=1S/C17H11N7O/c25-17-14(12-7-3-4-8-13(12)19-17)20-21-15-10-5-1-2-6-11(10)16-22-18-9-24(16)23-15/h1-9,19,25H. The maximum atomic E-state index is 10.1. The van der Waals surface area contributed by atoms with Crippen LogP contribution in [-0.4, -0.2) is 29.9 Å². The highest BCUT2D eigenvalue weighted by molar-refractivity contribution is 5.99. The van der Waals surface area contributed by atoms with E-state index in [2.05, 4.69) is 30.5 Å². The van der Waals surface area contributed by atoms with Gasteiger partial charge in [-0.1, -0.05) is 42.5 Å². The van der Waals surface area contributed by atoms with Crippen LogP contribution in [0.25, 0.3) is 27.3 Å². The molecule has 0 saturated carbocycles. The molecule has 0 fully saturated rings. The van der Waals surface area contributed by atoms with Crippen LogP contribution in [0, 0.1) is 0 Å². The number of azo groups is 1. The molecule has 0 aliphatic heterocycles. The van der Waals surface area contributed by atoms with E-state index in [1.54, 1.807) is 4.52 Å². The lowest BCUT2D eigenvalue weighted by Gasteiger charge is -2.01. The molecule has 120 valence electrons. The first-order chi connectivity index (χ1) is 12.3. The van der Waals surface area contributed by atoms with Crippen LogP contribution in [-0.2, 0) is 0 Å². The average molecular weight is 329 g/mol. The van der Waals surface area contributed by atoms with Crippen molar-refractivity contribution in [2.24, 2.45) is 10.2 Å². The van der Waals surface area contributed by atoms with Crippen LogP contribution in [0.5, 0.6) is 5.88 Å². The maximum Gasteiger partial charge on any atom is 0.218 e. The third-order valence-electron chi connectivity index (χ3n) is 4.05. The van der Waals surface area contributed by atoms with Crippen molar-refractivity contribution in [2.45, 2.75) is 0 Å². The first-order valence-corrected chi connectivity index (χ1v) is 7.61. The molecular weight excluding hydrogens is 318 g/mol. The van der Waals surface area contributed by atoms with Crippen molar-refractivity contribution < 1.29 is 5.11 Å². The highest BCUT2D eigenvalue weighted by Crippen LogP contribution is 2.36. The molecule has 0 bridgehead atoms. The molecule has 0 unspecified atom stereocenters. The Morgan fingerprint density at radius 3 is 2.56 bits per heavy atom. The molecule has 2 N–H and O–H groups in total. The highest BCUT2D eigenvalue weighted by Gasteiger charge is 2.12. The van der Waals surface area contributed by atoms with Crippen LogP contribution in [0.4, 0.5) is 11.5 Å². The van der Waals surface area contributed by atoms with Crippen molar-refractivity contribution >= 4 is 38.8 Å². The van der Waals surface area contributed by atoms with Crippen molar-refractivity contribution in [3.05, 3.63) is 54.9 Å². The second-order valence-electron chi connectivity index (χ2n) is 5.54. The van der Waals surface area contributed by atoms with Gasteiger partial charge in [-0.25, -0.2) is 0 Å². The maximum absolute atomic E-state index is 10.1. The highest BCUT2D eigenvalue weighted by atomic mass is 16.3. The zero-order chi connectivity index (χ0) is 16.8. The van der Waals surface area contributed by atoms with Crippen molar-refractivity contribution in [2.75, 3.05) is 0 Å². The Morgan fingerprint density at radius 1 is 0.920 bits per heavy atom. The molecule has 0 spiro atoms. The number of aromatic nitrogens is 5. The van der Waals surface area contributed by atoms with Crippen molar-refractivity contribution in [1.29, 1.82) is 0 Å². The van der Waals surface area contributed by atoms with Gasteiger partial charge in [0.2, 0.25) is 11.7 Å². The summed E-state index contributed by atoms with van der Waals surface area (Å²) in [6, 6.07) is 15.2. The largest absolute Gasteiger partial charge is 0.493 e. The molecule has 0 atom stereocenters. The number of nitrogens with zero attached hydrogens (tertiary/aromatic N) is 6. The summed E-state index contributed by atoms with van der Waals surface area (Å²) in [5, 5.41) is 33.5. The molecule has 0 saturated heterocycles. The van der Waals surface area contributed by atoms with Gasteiger partial charge in [-0.05, 0) is 6.07 Å². The molecule has 0 aliphatic carbocycles. The molecular formula is C17H11N7O. The average Bonchev–Trinajstić information content (AvgIpc) is 3.23. The number of aromatic amines is 1. The van der Waals surface area contributed by atoms with Crippen LogP contribution in [0.1, 0.15) is 0 Å². The molecule has 8 nitrogen and oxygen atoms in total. The van der Waals surface area contributed by atoms with E-state index in [-0.39, 0.29) is 5.88 Å². The van der Waals surface area contributed by atoms with E-state index in [1.807, 2.05) is 48.5 Å². The number of hydrogen-bond donors (Lipinski definition) is 2. The Labute approximate surface area is 140 Å². The summed E-state index contributed by atoms with van der Waals surface area (Å²) in [5.41, 5.74) is 1.83. The van der Waals surface area contributed by atoms with E-state index in [0.717, 1.165) is 21.7 Å². The van der Waals surface area contributed by atoms with Gasteiger partial charge in [-0.3, -0.25) is 0 Å². The predicted octanol–water partition coefficient (Wildman–Crippen LogP) is 3.88. The summed E-state index contributed by atoms with van der Waals surface area (Å²) in [7, 11) is 0. The lowest BCUT2D eigenvalue weighted by Crippen LogP contribution is -1.92. The Bertz CT molecular complexity index is 1270. The fourth-order valence-electron chi connectivity index (χ4n) is 2.89. The van der Waals surface area contributed by atoms with Gasteiger partial charge in [0.05, 0.1) is 5.52 Å². The Kier molecular flexibility index (Phi) is 2.78. The second-order valence-corrected chi connectivity index (χ2v) is 5.54. The third-order valence-corrected chi connectivity index (χ3v) is 4.05. The van der Waals surface area contributed by atoms with E-state index >= 15 is 0 Å². The van der Waals surface area contributed by atoms with Crippen LogP contribution in [0.2, 0.25) is 0 Å². The molecule has 25 heavy (non-hydrogen) atoms. The lowest BCUT2D eigenvalue weighted by atomic mass is 10.2. The summed E-state index contributed by atoms with van der Waals surface area (Å²) in [5.74, 6) is 0.396. The molecule has 0 radical (unpaired) electrons. The zero-order valence-corrected chi connectivity index (χ0v) is 12.8. The van der Waals surface area contributed by atoms with E-state index in [9.17, 15) is 5.11 Å². The van der Waals surface area contributed by atoms with E-state index in [4.69, 9.17) is 0 Å². The van der Waals surface area contributed by atoms with Crippen LogP contribution >= 0.6 is 0 Å². The van der Waals surface area contributed by atoms with Gasteiger partial charge in [0.1, 0.15) is 6.33 Å². The van der Waals surface area contributed by atoms with Gasteiger partial charge in [0, 0.05) is 16.2 Å². The predicted molar refractivity (Wildman–Crippen MR) is 92.4 cm³/mol. The summed E-state index contributed by atoms with van der Waals surface area (Å²) < 4.78 is 1.56. The molecule has 5 rings (SSSR count). The van der Waals surface area contributed by atoms with E-state index < -0.39 is 0 Å². The molecule has 8 heteroatoms. The number of benzene rings is 2. The van der Waals surface area contributed by atoms with Gasteiger partial charge >= 0.3 is 0 Å². The number of para-hydroxylation sites is 1. The lowest BCUT2D eigenvalue weighted by molar-refractivity contribution is 0.459. The molecule has 0 aliphatic rings. The number of fused-ring (bicyclic) bond motifs is 4. The smallest absolute Gasteiger partial charge is 0.218 e. The Hall–Kier alpha value is -3.81. The minimum Gasteiger partial charge on any atom is -0.493 e. The Balaban J connectivity index is 1.72. The summed E-state index contributed by atoms with van der Waals surface area (Å²) in [6.45, 7) is 0. The Morgan fingerprint density at radius 2 is 1.68 bits per heavy atom. The van der Waals surface area contributed by atoms with Crippen LogP contribution < -0.4 is 0 Å². The SMILES string of the molecule is Oc1[nH]c2ccccc2c1N=Nc1nn2cnnc2c2ccccc12. The van der Waals surface area contributed by atoms with Gasteiger partial charge < -0.3 is 10.1 Å². The number of rotatable bonds is 2. The third kappa shape index (κ3) is 2.04. The van der Waals surface area contributed by atoms with Crippen molar-refractivity contribution in [3.8, 4) is 5.88 Å². The topological polar surface area (TPSA) is 104 Å². The fraction of sp³-hybridized carbons (Fsp3) is 0. The first-order valence-electron chi connectivity index (χ1n) is 7.61. The van der Waals surface area contributed by atoms with Gasteiger partial charge in [-0.2, -0.15) is 4.52 Å². The number of hydrogen-bond acceptors (Lipinski definition) is 6. The first kappa shape index (κ1) is 13.6. The summed E-state index contributed by atoms with van der Waals surface area (Å²) >= 11 is 0. The molecule has 2 aromatic carbocycles. The van der Waals surface area contributed by atoms with E-state index in [1.165, 1.54) is 6.33 Å². The molecule has 3 heterocycles. The van der Waals surface area contributed by atoms with Gasteiger partial charge in [0.15, 0.2) is 11.3 Å². The van der Waals surface area contributed by atoms with Crippen molar-refractivity contribution in [1.82, 2.24) is 24.8 Å². The van der Waals surface area contributed by atoms with Gasteiger partial charge in [0.25, 0.3) is 0 Å². The number of aromatic hydroxyl groups is 1. The molecule has 5 aromatic rings. The quantitative estimate of drug-likeness (QED) is 0.479. The van der Waals surface area contributed by atoms with Crippen LogP contribution in [0.15, 0.2) is 65.1 Å². The zero-order valence-electron chi connectivity index (χ0n) is 12.8. The number of nitrogens with one attached hydrogen (secondary N) is 1. The van der Waals surface area contributed by atoms with E-state index in [0.29, 0.717) is 17.2 Å². The van der Waals surface area contributed by atoms with Crippen molar-refractivity contribution in [3.63, 3.8) is 0 Å². The fourth-order valence-corrected chi connectivity index (χ4v) is 2.89. The number of H-pyrrole nitrogens is 1. The second kappa shape index (κ2) is 5.10. The normalized spacial score (nSPS) is 12.0. The van der Waals surface area contributed by atoms with Crippen LogP contribution in [0.3, 0.4) is 0 Å². The molecule has 0 amide bonds. The summed E-state index contributed by atoms with van der Waals surface area (Å²) in [4.78, 5) is 2.88. The monoisotopic (exact) mass is 329 g/mol. The molecule has 3 aromatic heterocycles. The minimum absolute atomic E-state index is 0.0281. The summed E-state index contributed by atoms with van der Waals surface area (Å²) in [6.07, 6.45) is 1.52. The van der Waals surface area contributed by atoms with Gasteiger partial charge in [-0.15, -0.1) is 25.5 Å². The minimum atomic E-state index is -0.0281.